The molecule has 0 aliphatic rings. The summed E-state index contributed by atoms with van der Waals surface area (Å²) in [5.41, 5.74) is 0.302. The van der Waals surface area contributed by atoms with Gasteiger partial charge < -0.3 is 5.11 Å². The van der Waals surface area contributed by atoms with E-state index in [9.17, 15) is 14.3 Å². The normalized spacial score (nSPS) is 12.4. The van der Waals surface area contributed by atoms with Gasteiger partial charge in [0.25, 0.3) is 0 Å². The zero-order chi connectivity index (χ0) is 18.1. The molecule has 0 amide bonds. The molecule has 0 fully saturated rings. The molecule has 130 valence electrons. The molecule has 2 aromatic carbocycles. The Morgan fingerprint density at radius 2 is 1.84 bits per heavy atom. The zero-order valence-corrected chi connectivity index (χ0v) is 14.7. The van der Waals surface area contributed by atoms with Gasteiger partial charge in [-0.2, -0.15) is 0 Å². The molecule has 1 N–H and O–H groups in total. The Labute approximate surface area is 156 Å². The number of benzene rings is 2. The van der Waals surface area contributed by atoms with E-state index in [4.69, 9.17) is 34.8 Å². The molecule has 0 spiro atoms. The molecular formula is C16H10Cl3FN2O3. The first-order valence-corrected chi connectivity index (χ1v) is 8.14. The molecule has 25 heavy (non-hydrogen) atoms. The van der Waals surface area contributed by atoms with Gasteiger partial charge in [0.2, 0.25) is 0 Å². The zero-order valence-electron chi connectivity index (χ0n) is 12.4. The molecule has 9 heteroatoms. The second-order valence-corrected chi connectivity index (χ2v) is 6.33. The standard InChI is InChI=1S/C16H10Cl3FN2O3/c17-10-4-2-6-12(20)9(10)7-22-15(21-25-16(22)24)14(23)8-3-1-5-11(18)13(8)19/h1-6,14,23H,7H2. The van der Waals surface area contributed by atoms with Crippen LogP contribution in [0.25, 0.3) is 0 Å². The highest BCUT2D eigenvalue weighted by molar-refractivity contribution is 6.42. The van der Waals surface area contributed by atoms with Crippen molar-refractivity contribution >= 4 is 34.8 Å². The van der Waals surface area contributed by atoms with Crippen LogP contribution in [0.15, 0.2) is 45.7 Å². The Morgan fingerprint density at radius 3 is 2.56 bits per heavy atom. The van der Waals surface area contributed by atoms with Crippen molar-refractivity contribution < 1.29 is 14.0 Å². The number of nitrogens with zero attached hydrogens (tertiary/aromatic N) is 2. The van der Waals surface area contributed by atoms with Gasteiger partial charge in [0.1, 0.15) is 11.9 Å². The summed E-state index contributed by atoms with van der Waals surface area (Å²) in [6.07, 6.45) is -1.40. The fraction of sp³-hybridized carbons (Fsp3) is 0.125. The van der Waals surface area contributed by atoms with Gasteiger partial charge in [-0.25, -0.2) is 9.18 Å². The Kier molecular flexibility index (Phi) is 5.15. The van der Waals surface area contributed by atoms with Crippen LogP contribution >= 0.6 is 34.8 Å². The van der Waals surface area contributed by atoms with E-state index in [0.717, 1.165) is 4.57 Å². The third-order valence-corrected chi connectivity index (χ3v) is 4.80. The fourth-order valence-electron chi connectivity index (χ4n) is 2.33. The van der Waals surface area contributed by atoms with Crippen molar-refractivity contribution in [1.29, 1.82) is 0 Å². The molecule has 0 saturated carbocycles. The minimum Gasteiger partial charge on any atom is -0.380 e. The summed E-state index contributed by atoms with van der Waals surface area (Å²) in [6.45, 7) is -0.265. The van der Waals surface area contributed by atoms with Crippen LogP contribution in [0, 0.1) is 5.82 Å². The highest BCUT2D eigenvalue weighted by Crippen LogP contribution is 2.32. The highest BCUT2D eigenvalue weighted by Gasteiger charge is 2.24. The van der Waals surface area contributed by atoms with Crippen LogP contribution in [0.4, 0.5) is 4.39 Å². The van der Waals surface area contributed by atoms with Gasteiger partial charge in [0, 0.05) is 16.1 Å². The summed E-state index contributed by atoms with van der Waals surface area (Å²) in [7, 11) is 0. The predicted octanol–water partition coefficient (Wildman–Crippen LogP) is 4.07. The van der Waals surface area contributed by atoms with Crippen molar-refractivity contribution in [2.75, 3.05) is 0 Å². The lowest BCUT2D eigenvalue weighted by Crippen LogP contribution is -2.21. The van der Waals surface area contributed by atoms with Crippen molar-refractivity contribution in [3.8, 4) is 0 Å². The molecule has 0 aliphatic heterocycles. The van der Waals surface area contributed by atoms with E-state index in [1.807, 2.05) is 0 Å². The first kappa shape index (κ1) is 17.9. The van der Waals surface area contributed by atoms with Crippen LogP contribution in [0.5, 0.6) is 0 Å². The first-order valence-electron chi connectivity index (χ1n) is 7.01. The molecule has 0 bridgehead atoms. The minimum atomic E-state index is -1.40. The molecule has 3 rings (SSSR count). The maximum atomic E-state index is 14.0. The average molecular weight is 404 g/mol. The van der Waals surface area contributed by atoms with Gasteiger partial charge in [0.15, 0.2) is 5.82 Å². The van der Waals surface area contributed by atoms with Crippen molar-refractivity contribution in [3.63, 3.8) is 0 Å². The molecule has 1 unspecified atom stereocenters. The van der Waals surface area contributed by atoms with Gasteiger partial charge in [-0.1, -0.05) is 58.2 Å². The molecule has 0 aliphatic carbocycles. The van der Waals surface area contributed by atoms with Crippen molar-refractivity contribution in [1.82, 2.24) is 9.72 Å². The highest BCUT2D eigenvalue weighted by atomic mass is 35.5. The Bertz CT molecular complexity index is 967. The van der Waals surface area contributed by atoms with E-state index in [2.05, 4.69) is 9.68 Å². The smallest absolute Gasteiger partial charge is 0.380 e. The fourth-order valence-corrected chi connectivity index (χ4v) is 2.97. The van der Waals surface area contributed by atoms with E-state index in [-0.39, 0.29) is 38.6 Å². The molecule has 5 nitrogen and oxygen atoms in total. The minimum absolute atomic E-state index is 0.0695. The van der Waals surface area contributed by atoms with Crippen molar-refractivity contribution in [2.24, 2.45) is 0 Å². The number of aliphatic hydroxyl groups excluding tert-OH is 1. The Hall–Kier alpha value is -1.86. The summed E-state index contributed by atoms with van der Waals surface area (Å²) in [4.78, 5) is 12.0. The second kappa shape index (κ2) is 7.17. The van der Waals surface area contributed by atoms with Crippen LogP contribution in [0.3, 0.4) is 0 Å². The van der Waals surface area contributed by atoms with Crippen LogP contribution in [0.1, 0.15) is 23.1 Å². The number of hydrogen-bond acceptors (Lipinski definition) is 4. The molecule has 1 atom stereocenters. The summed E-state index contributed by atoms with van der Waals surface area (Å²) in [5.74, 6) is -1.61. The van der Waals surface area contributed by atoms with Crippen LogP contribution in [-0.4, -0.2) is 14.8 Å². The van der Waals surface area contributed by atoms with Crippen LogP contribution < -0.4 is 5.76 Å². The lowest BCUT2D eigenvalue weighted by molar-refractivity contribution is 0.200. The SMILES string of the molecule is O=c1onc(C(O)c2cccc(Cl)c2Cl)n1Cc1c(F)cccc1Cl. The van der Waals surface area contributed by atoms with Crippen LogP contribution in [0.2, 0.25) is 15.1 Å². The number of halogens is 4. The average Bonchev–Trinajstić information content (AvgIpc) is 2.94. The topological polar surface area (TPSA) is 68.3 Å². The lowest BCUT2D eigenvalue weighted by Gasteiger charge is -2.14. The van der Waals surface area contributed by atoms with E-state index in [1.54, 1.807) is 12.1 Å². The summed E-state index contributed by atoms with van der Waals surface area (Å²) in [5, 5.41) is 14.6. The second-order valence-electron chi connectivity index (χ2n) is 5.14. The van der Waals surface area contributed by atoms with Gasteiger partial charge in [-0.05, 0) is 18.2 Å². The maximum Gasteiger partial charge on any atom is 0.441 e. The van der Waals surface area contributed by atoms with Crippen LogP contribution in [-0.2, 0) is 6.54 Å². The van der Waals surface area contributed by atoms with Gasteiger partial charge >= 0.3 is 5.76 Å². The molecule has 0 saturated heterocycles. The monoisotopic (exact) mass is 402 g/mol. The van der Waals surface area contributed by atoms with E-state index < -0.39 is 17.7 Å². The van der Waals surface area contributed by atoms with E-state index in [0.29, 0.717) is 0 Å². The third kappa shape index (κ3) is 3.43. The largest absolute Gasteiger partial charge is 0.441 e. The molecule has 1 aromatic heterocycles. The maximum absolute atomic E-state index is 14.0. The molecule has 0 radical (unpaired) electrons. The lowest BCUT2D eigenvalue weighted by atomic mass is 10.1. The number of aliphatic hydroxyl groups is 1. The van der Waals surface area contributed by atoms with Gasteiger partial charge in [-0.15, -0.1) is 0 Å². The van der Waals surface area contributed by atoms with Gasteiger partial charge in [-0.3, -0.25) is 9.09 Å². The summed E-state index contributed by atoms with van der Waals surface area (Å²) < 4.78 is 19.6. The number of rotatable bonds is 4. The van der Waals surface area contributed by atoms with Gasteiger partial charge in [0.05, 0.1) is 16.6 Å². The number of aromatic nitrogens is 2. The summed E-state index contributed by atoms with van der Waals surface area (Å²) >= 11 is 18.0. The van der Waals surface area contributed by atoms with E-state index in [1.165, 1.54) is 24.3 Å². The molecular weight excluding hydrogens is 394 g/mol. The molecule has 3 aromatic rings. The van der Waals surface area contributed by atoms with E-state index >= 15 is 0 Å². The Morgan fingerprint density at radius 1 is 1.16 bits per heavy atom. The predicted molar refractivity (Wildman–Crippen MR) is 91.8 cm³/mol. The van der Waals surface area contributed by atoms with Crippen molar-refractivity contribution in [2.45, 2.75) is 12.6 Å². The molecule has 1 heterocycles. The summed E-state index contributed by atoms with van der Waals surface area (Å²) in [6, 6.07) is 8.81. The quantitative estimate of drug-likeness (QED) is 0.713. The van der Waals surface area contributed by atoms with Crippen molar-refractivity contribution in [3.05, 3.63) is 84.8 Å². The Balaban J connectivity index is 2.05. The number of hydrogen-bond donors (Lipinski definition) is 1. The third-order valence-electron chi connectivity index (χ3n) is 3.61. The first-order chi connectivity index (χ1) is 11.9.